The molecule has 0 aromatic heterocycles. The summed E-state index contributed by atoms with van der Waals surface area (Å²) in [6, 6.07) is 11.6. The molecule has 30 heavy (non-hydrogen) atoms. The third kappa shape index (κ3) is 5.83. The number of hydrogen-bond acceptors (Lipinski definition) is 4. The van der Waals surface area contributed by atoms with Gasteiger partial charge in [0.15, 0.2) is 0 Å². The summed E-state index contributed by atoms with van der Waals surface area (Å²) in [5, 5.41) is 2.78. The van der Waals surface area contributed by atoms with Crippen LogP contribution < -0.4 is 14.8 Å². The van der Waals surface area contributed by atoms with Gasteiger partial charge in [0.05, 0.1) is 17.7 Å². The van der Waals surface area contributed by atoms with Crippen molar-refractivity contribution in [3.63, 3.8) is 0 Å². The molecule has 2 N–H and O–H groups in total. The lowest BCUT2D eigenvalue weighted by atomic mass is 9.97. The van der Waals surface area contributed by atoms with Crippen molar-refractivity contribution in [2.24, 2.45) is 0 Å². The van der Waals surface area contributed by atoms with Crippen LogP contribution in [0.15, 0.2) is 47.4 Å². The summed E-state index contributed by atoms with van der Waals surface area (Å²) in [5.74, 6) is 0.0798. The minimum absolute atomic E-state index is 0.0528. The van der Waals surface area contributed by atoms with Crippen LogP contribution in [0.5, 0.6) is 5.75 Å². The predicted molar refractivity (Wildman–Crippen MR) is 119 cm³/mol. The largest absolute Gasteiger partial charge is 0.495 e. The van der Waals surface area contributed by atoms with Crippen molar-refractivity contribution in [2.45, 2.75) is 62.8 Å². The van der Waals surface area contributed by atoms with Gasteiger partial charge >= 0.3 is 0 Å². The zero-order chi connectivity index (χ0) is 21.6. The van der Waals surface area contributed by atoms with Gasteiger partial charge in [-0.3, -0.25) is 4.79 Å². The van der Waals surface area contributed by atoms with Crippen LogP contribution in [-0.2, 0) is 10.0 Å². The summed E-state index contributed by atoms with van der Waals surface area (Å²) in [6.45, 7) is 1.95. The SMILES string of the molecule is COc1ccc(S(=O)(=O)NC2CCCCCCC2)cc1NC(=O)c1ccc(C)cc1. The van der Waals surface area contributed by atoms with Gasteiger partial charge in [-0.25, -0.2) is 13.1 Å². The van der Waals surface area contributed by atoms with Crippen LogP contribution in [0.25, 0.3) is 0 Å². The van der Waals surface area contributed by atoms with Crippen molar-refractivity contribution in [3.05, 3.63) is 53.6 Å². The van der Waals surface area contributed by atoms with Crippen LogP contribution in [0.2, 0.25) is 0 Å². The Labute approximate surface area is 179 Å². The van der Waals surface area contributed by atoms with Crippen molar-refractivity contribution < 1.29 is 17.9 Å². The average molecular weight is 431 g/mol. The molecule has 0 saturated heterocycles. The summed E-state index contributed by atoms with van der Waals surface area (Å²) in [6.07, 6.45) is 7.30. The fourth-order valence-corrected chi connectivity index (χ4v) is 5.04. The van der Waals surface area contributed by atoms with Crippen LogP contribution >= 0.6 is 0 Å². The highest BCUT2D eigenvalue weighted by Gasteiger charge is 2.22. The molecular weight excluding hydrogens is 400 g/mol. The van der Waals surface area contributed by atoms with E-state index in [2.05, 4.69) is 10.0 Å². The first-order valence-electron chi connectivity index (χ1n) is 10.5. The zero-order valence-electron chi connectivity index (χ0n) is 17.6. The van der Waals surface area contributed by atoms with Crippen LogP contribution in [-0.4, -0.2) is 27.5 Å². The van der Waals surface area contributed by atoms with Gasteiger partial charge in [0.25, 0.3) is 5.91 Å². The second kappa shape index (κ2) is 10.1. The Morgan fingerprint density at radius 2 is 1.60 bits per heavy atom. The number of carbonyl (C=O) groups is 1. The van der Waals surface area contributed by atoms with Crippen molar-refractivity contribution in [1.82, 2.24) is 4.72 Å². The Morgan fingerprint density at radius 1 is 0.967 bits per heavy atom. The van der Waals surface area contributed by atoms with E-state index < -0.39 is 10.0 Å². The van der Waals surface area contributed by atoms with E-state index in [-0.39, 0.29) is 16.8 Å². The van der Waals surface area contributed by atoms with Gasteiger partial charge in [0.2, 0.25) is 10.0 Å². The topological polar surface area (TPSA) is 84.5 Å². The van der Waals surface area contributed by atoms with E-state index in [1.54, 1.807) is 18.2 Å². The second-order valence-corrected chi connectivity index (χ2v) is 9.56. The summed E-state index contributed by atoms with van der Waals surface area (Å²) < 4.78 is 34.1. The molecule has 0 spiro atoms. The number of anilines is 1. The van der Waals surface area contributed by atoms with Gasteiger partial charge < -0.3 is 10.1 Å². The van der Waals surface area contributed by atoms with E-state index in [0.29, 0.717) is 17.0 Å². The maximum atomic E-state index is 13.0. The molecule has 162 valence electrons. The van der Waals surface area contributed by atoms with Crippen molar-refractivity contribution in [2.75, 3.05) is 12.4 Å². The second-order valence-electron chi connectivity index (χ2n) is 7.85. The van der Waals surface area contributed by atoms with E-state index in [1.165, 1.54) is 25.7 Å². The highest BCUT2D eigenvalue weighted by Crippen LogP contribution is 2.29. The Kier molecular flexibility index (Phi) is 7.50. The molecule has 3 rings (SSSR count). The predicted octanol–water partition coefficient (Wildman–Crippen LogP) is 4.65. The van der Waals surface area contributed by atoms with Crippen molar-refractivity contribution >= 4 is 21.6 Å². The minimum Gasteiger partial charge on any atom is -0.495 e. The van der Waals surface area contributed by atoms with Crippen molar-refractivity contribution in [3.8, 4) is 5.75 Å². The number of methoxy groups -OCH3 is 1. The Bertz CT molecular complexity index is 963. The van der Waals surface area contributed by atoms with E-state index in [9.17, 15) is 13.2 Å². The third-order valence-corrected chi connectivity index (χ3v) is 6.99. The number of nitrogens with one attached hydrogen (secondary N) is 2. The number of hydrogen-bond donors (Lipinski definition) is 2. The van der Waals surface area contributed by atoms with Crippen LogP contribution in [0.1, 0.15) is 60.9 Å². The molecule has 2 aromatic carbocycles. The average Bonchev–Trinajstić information content (AvgIpc) is 2.70. The number of aryl methyl sites for hydroxylation is 1. The zero-order valence-corrected chi connectivity index (χ0v) is 18.4. The lowest BCUT2D eigenvalue weighted by molar-refractivity contribution is 0.102. The maximum Gasteiger partial charge on any atom is 0.255 e. The number of sulfonamides is 1. The van der Waals surface area contributed by atoms with Gasteiger partial charge in [-0.2, -0.15) is 0 Å². The van der Waals surface area contributed by atoms with Gasteiger partial charge in [-0.05, 0) is 50.1 Å². The molecule has 0 bridgehead atoms. The molecule has 0 unspecified atom stereocenters. The van der Waals surface area contributed by atoms with E-state index >= 15 is 0 Å². The fraction of sp³-hybridized carbons (Fsp3) is 0.435. The van der Waals surface area contributed by atoms with Crippen molar-refractivity contribution in [1.29, 1.82) is 0 Å². The summed E-state index contributed by atoms with van der Waals surface area (Å²) in [5.41, 5.74) is 1.87. The lowest BCUT2D eigenvalue weighted by Crippen LogP contribution is -2.35. The molecule has 1 saturated carbocycles. The number of rotatable bonds is 6. The smallest absolute Gasteiger partial charge is 0.255 e. The molecule has 1 fully saturated rings. The Morgan fingerprint density at radius 3 is 2.23 bits per heavy atom. The standard InChI is InChI=1S/C23H30N2O4S/c1-17-10-12-18(13-11-17)23(26)24-21-16-20(14-15-22(21)29-2)30(27,28)25-19-8-6-4-3-5-7-9-19/h10-16,19,25H,3-9H2,1-2H3,(H,24,26). The summed E-state index contributed by atoms with van der Waals surface area (Å²) in [7, 11) is -2.21. The molecule has 1 amide bonds. The Balaban J connectivity index is 1.80. The van der Waals surface area contributed by atoms with Crippen LogP contribution in [0.4, 0.5) is 5.69 Å². The minimum atomic E-state index is -3.70. The highest BCUT2D eigenvalue weighted by molar-refractivity contribution is 7.89. The van der Waals surface area contributed by atoms with E-state index in [1.807, 2.05) is 19.1 Å². The molecule has 7 heteroatoms. The fourth-order valence-electron chi connectivity index (χ4n) is 3.71. The number of carbonyl (C=O) groups excluding carboxylic acids is 1. The molecule has 1 aliphatic carbocycles. The van der Waals surface area contributed by atoms with Gasteiger partial charge in [-0.15, -0.1) is 0 Å². The maximum absolute atomic E-state index is 13.0. The quantitative estimate of drug-likeness (QED) is 0.699. The molecule has 6 nitrogen and oxygen atoms in total. The monoisotopic (exact) mass is 430 g/mol. The molecule has 0 heterocycles. The lowest BCUT2D eigenvalue weighted by Gasteiger charge is -2.21. The number of benzene rings is 2. The van der Waals surface area contributed by atoms with Crippen LogP contribution in [0.3, 0.4) is 0 Å². The highest BCUT2D eigenvalue weighted by atomic mass is 32.2. The van der Waals surface area contributed by atoms with E-state index in [0.717, 1.165) is 44.1 Å². The summed E-state index contributed by atoms with van der Waals surface area (Å²) in [4.78, 5) is 12.7. The first-order chi connectivity index (χ1) is 14.4. The molecular formula is C23H30N2O4S. The molecule has 0 radical (unpaired) electrons. The number of ether oxygens (including phenoxy) is 1. The first kappa shape index (κ1) is 22.3. The van der Waals surface area contributed by atoms with Crippen LogP contribution in [0, 0.1) is 6.92 Å². The Hall–Kier alpha value is -2.38. The molecule has 0 atom stereocenters. The van der Waals surface area contributed by atoms with Gasteiger partial charge in [0, 0.05) is 11.6 Å². The summed E-state index contributed by atoms with van der Waals surface area (Å²) >= 11 is 0. The third-order valence-electron chi connectivity index (χ3n) is 5.47. The first-order valence-corrected chi connectivity index (χ1v) is 12.0. The van der Waals surface area contributed by atoms with Gasteiger partial charge in [0.1, 0.15) is 5.75 Å². The molecule has 0 aliphatic heterocycles. The molecule has 2 aromatic rings. The van der Waals surface area contributed by atoms with E-state index in [4.69, 9.17) is 4.74 Å². The number of amides is 1. The van der Waals surface area contributed by atoms with Gasteiger partial charge in [-0.1, -0.05) is 49.8 Å². The molecule has 1 aliphatic rings. The normalized spacial score (nSPS) is 15.8.